The van der Waals surface area contributed by atoms with E-state index >= 15 is 0 Å². The summed E-state index contributed by atoms with van der Waals surface area (Å²) in [6.07, 6.45) is 1.08. The van der Waals surface area contributed by atoms with Gasteiger partial charge in [0.1, 0.15) is 5.82 Å². The maximum atomic E-state index is 13.8. The Hall–Kier alpha value is -2.67. The van der Waals surface area contributed by atoms with Crippen LogP contribution in [0.25, 0.3) is 11.4 Å². The number of nitrogens with one attached hydrogen (secondary N) is 2. The number of nitrogens with zero attached hydrogens (tertiary/aromatic N) is 2. The van der Waals surface area contributed by atoms with Crippen LogP contribution in [-0.4, -0.2) is 26.8 Å². The summed E-state index contributed by atoms with van der Waals surface area (Å²) >= 11 is 1.19. The largest absolute Gasteiger partial charge is 0.325 e. The van der Waals surface area contributed by atoms with Gasteiger partial charge in [-0.3, -0.25) is 9.89 Å². The molecule has 0 aliphatic heterocycles. The first kappa shape index (κ1) is 19.1. The van der Waals surface area contributed by atoms with E-state index in [-0.39, 0.29) is 17.5 Å². The number of amides is 1. The SMILES string of the molecule is CCC(C)c1ccc(NC(=O)CSc2n[nH]c(-c3ccccc3F)n2)cc1. The van der Waals surface area contributed by atoms with Crippen LogP contribution in [-0.2, 0) is 4.79 Å². The molecule has 140 valence electrons. The van der Waals surface area contributed by atoms with Crippen molar-refractivity contribution in [1.29, 1.82) is 0 Å². The number of aromatic nitrogens is 3. The molecule has 0 saturated carbocycles. The Kier molecular flexibility index (Phi) is 6.24. The van der Waals surface area contributed by atoms with Gasteiger partial charge in [-0.2, -0.15) is 0 Å². The molecule has 5 nitrogen and oxygen atoms in total. The number of hydrogen-bond donors (Lipinski definition) is 2. The average molecular weight is 384 g/mol. The van der Waals surface area contributed by atoms with Crippen LogP contribution in [0.1, 0.15) is 31.7 Å². The van der Waals surface area contributed by atoms with Gasteiger partial charge >= 0.3 is 0 Å². The second kappa shape index (κ2) is 8.81. The average Bonchev–Trinajstić information content (AvgIpc) is 3.15. The van der Waals surface area contributed by atoms with Gasteiger partial charge in [0.2, 0.25) is 11.1 Å². The van der Waals surface area contributed by atoms with Crippen molar-refractivity contribution in [2.24, 2.45) is 0 Å². The fraction of sp³-hybridized carbons (Fsp3) is 0.250. The third-order valence-corrected chi connectivity index (χ3v) is 5.15. The van der Waals surface area contributed by atoms with Crippen molar-refractivity contribution in [2.75, 3.05) is 11.1 Å². The first-order valence-electron chi connectivity index (χ1n) is 8.76. The minimum absolute atomic E-state index is 0.145. The predicted octanol–water partition coefficient (Wildman–Crippen LogP) is 4.86. The highest BCUT2D eigenvalue weighted by molar-refractivity contribution is 7.99. The van der Waals surface area contributed by atoms with Crippen molar-refractivity contribution in [2.45, 2.75) is 31.3 Å². The zero-order valence-electron chi connectivity index (χ0n) is 15.2. The number of carbonyl (C=O) groups is 1. The van der Waals surface area contributed by atoms with E-state index in [4.69, 9.17) is 0 Å². The fourth-order valence-corrected chi connectivity index (χ4v) is 3.14. The quantitative estimate of drug-likeness (QED) is 0.571. The van der Waals surface area contributed by atoms with E-state index < -0.39 is 0 Å². The van der Waals surface area contributed by atoms with Crippen LogP contribution < -0.4 is 5.32 Å². The number of benzene rings is 2. The summed E-state index contributed by atoms with van der Waals surface area (Å²) in [6.45, 7) is 4.33. The van der Waals surface area contributed by atoms with Crippen molar-refractivity contribution in [3.63, 3.8) is 0 Å². The molecular formula is C20H21FN4OS. The van der Waals surface area contributed by atoms with Gasteiger partial charge in [-0.05, 0) is 42.2 Å². The molecule has 0 aliphatic rings. The van der Waals surface area contributed by atoms with Crippen LogP contribution in [0.5, 0.6) is 0 Å². The van der Waals surface area contributed by atoms with E-state index in [1.54, 1.807) is 18.2 Å². The van der Waals surface area contributed by atoms with Gasteiger partial charge in [0.15, 0.2) is 5.82 Å². The Morgan fingerprint density at radius 1 is 1.22 bits per heavy atom. The first-order chi connectivity index (χ1) is 13.1. The summed E-state index contributed by atoms with van der Waals surface area (Å²) in [5.41, 5.74) is 2.36. The predicted molar refractivity (Wildman–Crippen MR) is 106 cm³/mol. The van der Waals surface area contributed by atoms with Gasteiger partial charge < -0.3 is 5.32 Å². The second-order valence-corrected chi connectivity index (χ2v) is 7.16. The number of aromatic amines is 1. The number of rotatable bonds is 7. The molecule has 1 unspecified atom stereocenters. The van der Waals surface area contributed by atoms with Crippen LogP contribution in [0.15, 0.2) is 53.7 Å². The molecule has 0 saturated heterocycles. The van der Waals surface area contributed by atoms with Crippen LogP contribution in [0.2, 0.25) is 0 Å². The summed E-state index contributed by atoms with van der Waals surface area (Å²) in [4.78, 5) is 16.4. The van der Waals surface area contributed by atoms with Crippen LogP contribution in [0.3, 0.4) is 0 Å². The van der Waals surface area contributed by atoms with Crippen molar-refractivity contribution in [3.8, 4) is 11.4 Å². The molecule has 7 heteroatoms. The molecule has 1 atom stereocenters. The molecule has 0 fully saturated rings. The van der Waals surface area contributed by atoms with Crippen molar-refractivity contribution < 1.29 is 9.18 Å². The number of thioether (sulfide) groups is 1. The third-order valence-electron chi connectivity index (χ3n) is 4.30. The van der Waals surface area contributed by atoms with Crippen LogP contribution in [0, 0.1) is 5.82 Å². The molecule has 0 spiro atoms. The lowest BCUT2D eigenvalue weighted by Gasteiger charge is -2.10. The molecule has 0 aliphatic carbocycles. The molecule has 1 aromatic heterocycles. The molecular weight excluding hydrogens is 363 g/mol. The lowest BCUT2D eigenvalue weighted by atomic mass is 9.99. The topological polar surface area (TPSA) is 70.7 Å². The normalized spacial score (nSPS) is 12.0. The van der Waals surface area contributed by atoms with Gasteiger partial charge in [0.25, 0.3) is 0 Å². The van der Waals surface area contributed by atoms with Crippen LogP contribution in [0.4, 0.5) is 10.1 Å². The monoisotopic (exact) mass is 384 g/mol. The molecule has 3 rings (SSSR count). The Morgan fingerprint density at radius 3 is 2.67 bits per heavy atom. The molecule has 0 radical (unpaired) electrons. The Bertz CT molecular complexity index is 910. The molecule has 1 amide bonds. The standard InChI is InChI=1S/C20H21FN4OS/c1-3-13(2)14-8-10-15(11-9-14)22-18(26)12-27-20-23-19(24-25-20)16-6-4-5-7-17(16)21/h4-11,13H,3,12H2,1-2H3,(H,22,26)(H,23,24,25). The highest BCUT2D eigenvalue weighted by atomic mass is 32.2. The summed E-state index contributed by atoms with van der Waals surface area (Å²) in [6, 6.07) is 14.2. The Balaban J connectivity index is 1.55. The minimum atomic E-state index is -0.371. The van der Waals surface area contributed by atoms with Gasteiger partial charge in [-0.25, -0.2) is 9.37 Å². The number of halogens is 1. The Morgan fingerprint density at radius 2 is 1.96 bits per heavy atom. The van der Waals surface area contributed by atoms with Crippen molar-refractivity contribution in [3.05, 3.63) is 59.9 Å². The van der Waals surface area contributed by atoms with Gasteiger partial charge in [-0.15, -0.1) is 5.10 Å². The van der Waals surface area contributed by atoms with E-state index in [2.05, 4.69) is 34.3 Å². The summed E-state index contributed by atoms with van der Waals surface area (Å²) in [5, 5.41) is 10.00. The number of H-pyrrole nitrogens is 1. The second-order valence-electron chi connectivity index (χ2n) is 6.21. The van der Waals surface area contributed by atoms with E-state index in [1.807, 2.05) is 24.3 Å². The maximum absolute atomic E-state index is 13.8. The highest BCUT2D eigenvalue weighted by Crippen LogP contribution is 2.23. The van der Waals surface area contributed by atoms with Gasteiger partial charge in [-0.1, -0.05) is 49.9 Å². The number of carbonyl (C=O) groups excluding carboxylic acids is 1. The Labute approximate surface area is 161 Å². The number of hydrogen-bond acceptors (Lipinski definition) is 4. The molecule has 2 N–H and O–H groups in total. The summed E-state index contributed by atoms with van der Waals surface area (Å²) in [5.74, 6) is 0.496. The molecule has 1 heterocycles. The molecule has 27 heavy (non-hydrogen) atoms. The van der Waals surface area contributed by atoms with E-state index in [1.165, 1.54) is 23.4 Å². The smallest absolute Gasteiger partial charge is 0.234 e. The van der Waals surface area contributed by atoms with Gasteiger partial charge in [0.05, 0.1) is 11.3 Å². The first-order valence-corrected chi connectivity index (χ1v) is 9.75. The summed E-state index contributed by atoms with van der Waals surface area (Å²) < 4.78 is 13.8. The summed E-state index contributed by atoms with van der Waals surface area (Å²) in [7, 11) is 0. The van der Waals surface area contributed by atoms with Crippen molar-refractivity contribution in [1.82, 2.24) is 15.2 Å². The van der Waals surface area contributed by atoms with E-state index in [9.17, 15) is 9.18 Å². The zero-order chi connectivity index (χ0) is 19.2. The fourth-order valence-electron chi connectivity index (χ4n) is 2.54. The molecule has 3 aromatic rings. The van der Waals surface area contributed by atoms with Gasteiger partial charge in [0, 0.05) is 5.69 Å². The lowest BCUT2D eigenvalue weighted by Crippen LogP contribution is -2.14. The lowest BCUT2D eigenvalue weighted by molar-refractivity contribution is -0.113. The molecule has 0 bridgehead atoms. The number of anilines is 1. The third kappa shape index (κ3) is 4.95. The van der Waals surface area contributed by atoms with Crippen LogP contribution >= 0.6 is 11.8 Å². The zero-order valence-corrected chi connectivity index (χ0v) is 16.0. The maximum Gasteiger partial charge on any atom is 0.234 e. The van der Waals surface area contributed by atoms with E-state index in [0.29, 0.717) is 22.5 Å². The highest BCUT2D eigenvalue weighted by Gasteiger charge is 2.12. The van der Waals surface area contributed by atoms with Crippen molar-refractivity contribution >= 4 is 23.4 Å². The molecule has 2 aromatic carbocycles. The van der Waals surface area contributed by atoms with E-state index in [0.717, 1.165) is 12.1 Å². The minimum Gasteiger partial charge on any atom is -0.325 e.